The monoisotopic (exact) mass is 380 g/mol. The van der Waals surface area contributed by atoms with Gasteiger partial charge in [0.1, 0.15) is 0 Å². The summed E-state index contributed by atoms with van der Waals surface area (Å²) in [5.41, 5.74) is 8.81. The van der Waals surface area contributed by atoms with Gasteiger partial charge in [-0.05, 0) is 29.4 Å². The normalized spacial score (nSPS) is 11.2. The number of nitrogens with zero attached hydrogens (tertiary/aromatic N) is 6. The van der Waals surface area contributed by atoms with Gasteiger partial charge in [-0.15, -0.1) is 5.10 Å². The third-order valence-corrected chi connectivity index (χ3v) is 3.82. The number of benzene rings is 1. The number of hydrogen-bond acceptors (Lipinski definition) is 8. The highest BCUT2D eigenvalue weighted by Crippen LogP contribution is 2.22. The standard InChI is InChI=1S/C13H10Cl2N8O2/c1-6-10(18-22-23(6)12-11(16)20-25-21-12)13(24)19-17-5-7-8(14)3-2-4-9(7)15/h2-5H,1H3,(H2,16,20)(H,19,24)/b17-5+. The molecule has 12 heteroatoms. The van der Waals surface area contributed by atoms with Crippen LogP contribution in [0.15, 0.2) is 27.9 Å². The van der Waals surface area contributed by atoms with Crippen molar-refractivity contribution in [1.82, 2.24) is 30.7 Å². The van der Waals surface area contributed by atoms with Crippen molar-refractivity contribution < 1.29 is 9.42 Å². The first-order valence-electron chi connectivity index (χ1n) is 6.77. The summed E-state index contributed by atoms with van der Waals surface area (Å²) in [6.07, 6.45) is 1.34. The van der Waals surface area contributed by atoms with Crippen molar-refractivity contribution >= 4 is 41.1 Å². The Labute approximate surface area is 150 Å². The summed E-state index contributed by atoms with van der Waals surface area (Å²) in [7, 11) is 0. The molecule has 0 saturated carbocycles. The maximum absolute atomic E-state index is 12.2. The molecule has 0 aliphatic carbocycles. The fourth-order valence-corrected chi connectivity index (χ4v) is 2.42. The average Bonchev–Trinajstić information content (AvgIpc) is 3.15. The molecule has 0 aliphatic heterocycles. The molecule has 1 amide bonds. The Balaban J connectivity index is 1.78. The van der Waals surface area contributed by atoms with Crippen molar-refractivity contribution in [1.29, 1.82) is 0 Å². The lowest BCUT2D eigenvalue weighted by molar-refractivity contribution is 0.0949. The van der Waals surface area contributed by atoms with Crippen LogP contribution in [0.4, 0.5) is 5.82 Å². The van der Waals surface area contributed by atoms with Crippen molar-refractivity contribution in [3.63, 3.8) is 0 Å². The van der Waals surface area contributed by atoms with E-state index in [0.29, 0.717) is 21.3 Å². The number of anilines is 1. The Hall–Kier alpha value is -2.98. The van der Waals surface area contributed by atoms with Gasteiger partial charge in [-0.3, -0.25) is 4.79 Å². The molecule has 3 N–H and O–H groups in total. The Morgan fingerprint density at radius 3 is 2.72 bits per heavy atom. The van der Waals surface area contributed by atoms with Gasteiger partial charge in [0.15, 0.2) is 5.69 Å². The lowest BCUT2D eigenvalue weighted by Gasteiger charge is -2.01. The molecule has 10 nitrogen and oxygen atoms in total. The van der Waals surface area contributed by atoms with Crippen molar-refractivity contribution in [2.75, 3.05) is 5.73 Å². The van der Waals surface area contributed by atoms with Crippen LogP contribution in [0.2, 0.25) is 10.0 Å². The highest BCUT2D eigenvalue weighted by molar-refractivity contribution is 6.38. The molecular weight excluding hydrogens is 371 g/mol. The molecule has 0 fully saturated rings. The second kappa shape index (κ2) is 6.87. The van der Waals surface area contributed by atoms with Crippen molar-refractivity contribution in [3.05, 3.63) is 45.2 Å². The summed E-state index contributed by atoms with van der Waals surface area (Å²) in [5.74, 6) is -0.431. The molecule has 128 valence electrons. The molecule has 0 saturated heterocycles. The average molecular weight is 381 g/mol. The summed E-state index contributed by atoms with van der Waals surface area (Å²) >= 11 is 12.0. The number of hydrogen-bond donors (Lipinski definition) is 2. The number of carbonyl (C=O) groups is 1. The van der Waals surface area contributed by atoms with E-state index in [1.165, 1.54) is 10.9 Å². The first-order chi connectivity index (χ1) is 12.0. The predicted octanol–water partition coefficient (Wildman–Crippen LogP) is 1.61. The van der Waals surface area contributed by atoms with Gasteiger partial charge in [-0.1, -0.05) is 34.5 Å². The lowest BCUT2D eigenvalue weighted by atomic mass is 10.2. The van der Waals surface area contributed by atoms with Crippen LogP contribution in [0.3, 0.4) is 0 Å². The summed E-state index contributed by atoms with van der Waals surface area (Å²) in [6.45, 7) is 1.61. The topological polar surface area (TPSA) is 137 Å². The Morgan fingerprint density at radius 1 is 1.36 bits per heavy atom. The molecule has 0 spiro atoms. The molecule has 0 aliphatic rings. The van der Waals surface area contributed by atoms with E-state index in [2.05, 4.69) is 35.8 Å². The second-order valence-electron chi connectivity index (χ2n) is 4.74. The molecular formula is C13H10Cl2N8O2. The number of nitrogens with two attached hydrogens (primary N) is 1. The summed E-state index contributed by atoms with van der Waals surface area (Å²) in [4.78, 5) is 12.2. The van der Waals surface area contributed by atoms with Crippen LogP contribution in [0.1, 0.15) is 21.7 Å². The van der Waals surface area contributed by atoms with Crippen molar-refractivity contribution in [2.45, 2.75) is 6.92 Å². The van der Waals surface area contributed by atoms with E-state index in [1.807, 2.05) is 0 Å². The summed E-state index contributed by atoms with van der Waals surface area (Å²) in [5, 5.41) is 19.3. The number of amides is 1. The first-order valence-corrected chi connectivity index (χ1v) is 7.52. The highest BCUT2D eigenvalue weighted by Gasteiger charge is 2.20. The molecule has 2 heterocycles. The van der Waals surface area contributed by atoms with E-state index in [0.717, 1.165) is 0 Å². The molecule has 2 aromatic heterocycles. The fraction of sp³-hybridized carbons (Fsp3) is 0.0769. The number of carbonyl (C=O) groups excluding carboxylic acids is 1. The fourth-order valence-electron chi connectivity index (χ4n) is 1.92. The minimum absolute atomic E-state index is 0.0198. The lowest BCUT2D eigenvalue weighted by Crippen LogP contribution is -2.19. The van der Waals surface area contributed by atoms with E-state index in [-0.39, 0.29) is 17.3 Å². The molecule has 0 radical (unpaired) electrons. The summed E-state index contributed by atoms with van der Waals surface area (Å²) < 4.78 is 5.73. The molecule has 0 bridgehead atoms. The quantitative estimate of drug-likeness (QED) is 0.517. The first kappa shape index (κ1) is 16.9. The smallest absolute Gasteiger partial charge is 0.293 e. The van der Waals surface area contributed by atoms with Crippen molar-refractivity contribution in [3.8, 4) is 5.82 Å². The number of hydrazone groups is 1. The van der Waals surface area contributed by atoms with E-state index < -0.39 is 5.91 Å². The van der Waals surface area contributed by atoms with Gasteiger partial charge in [0.2, 0.25) is 11.6 Å². The second-order valence-corrected chi connectivity index (χ2v) is 5.56. The van der Waals surface area contributed by atoms with Crippen LogP contribution in [0.5, 0.6) is 0 Å². The van der Waals surface area contributed by atoms with Gasteiger partial charge in [0.25, 0.3) is 5.91 Å². The number of aromatic nitrogens is 5. The minimum atomic E-state index is -0.585. The number of rotatable bonds is 4. The zero-order valence-electron chi connectivity index (χ0n) is 12.6. The van der Waals surface area contributed by atoms with E-state index in [4.69, 9.17) is 28.9 Å². The number of nitrogens with one attached hydrogen (secondary N) is 1. The summed E-state index contributed by atoms with van der Waals surface area (Å²) in [6, 6.07) is 5.01. The van der Waals surface area contributed by atoms with Crippen LogP contribution in [0.25, 0.3) is 5.82 Å². The van der Waals surface area contributed by atoms with Gasteiger partial charge in [0.05, 0.1) is 22.0 Å². The Morgan fingerprint density at radius 2 is 2.08 bits per heavy atom. The van der Waals surface area contributed by atoms with E-state index >= 15 is 0 Å². The van der Waals surface area contributed by atoms with Crippen molar-refractivity contribution in [2.24, 2.45) is 5.10 Å². The zero-order valence-corrected chi connectivity index (χ0v) is 14.2. The third kappa shape index (κ3) is 3.30. The number of halogens is 2. The maximum atomic E-state index is 12.2. The zero-order chi connectivity index (χ0) is 18.0. The van der Waals surface area contributed by atoms with Crippen LogP contribution < -0.4 is 11.2 Å². The van der Waals surface area contributed by atoms with Crippen LogP contribution in [0, 0.1) is 6.92 Å². The van der Waals surface area contributed by atoms with Crippen LogP contribution in [-0.4, -0.2) is 37.4 Å². The molecule has 1 aromatic carbocycles. The number of nitrogen functional groups attached to an aromatic ring is 1. The molecule has 0 unspecified atom stereocenters. The van der Waals surface area contributed by atoms with Gasteiger partial charge < -0.3 is 5.73 Å². The predicted molar refractivity (Wildman–Crippen MR) is 89.9 cm³/mol. The third-order valence-electron chi connectivity index (χ3n) is 3.17. The molecule has 25 heavy (non-hydrogen) atoms. The Kier molecular flexibility index (Phi) is 4.63. The van der Waals surface area contributed by atoms with E-state index in [1.54, 1.807) is 25.1 Å². The molecule has 0 atom stereocenters. The SMILES string of the molecule is Cc1c(C(=O)N/N=C/c2c(Cl)cccc2Cl)nnn1-c1nonc1N. The minimum Gasteiger partial charge on any atom is -0.378 e. The maximum Gasteiger partial charge on any atom is 0.293 e. The van der Waals surface area contributed by atoms with Gasteiger partial charge in [-0.25, -0.2) is 10.1 Å². The van der Waals surface area contributed by atoms with Crippen LogP contribution >= 0.6 is 23.2 Å². The van der Waals surface area contributed by atoms with E-state index in [9.17, 15) is 4.79 Å². The van der Waals surface area contributed by atoms with Gasteiger partial charge in [-0.2, -0.15) is 9.78 Å². The van der Waals surface area contributed by atoms with Gasteiger partial charge in [0, 0.05) is 5.56 Å². The van der Waals surface area contributed by atoms with Crippen LogP contribution in [-0.2, 0) is 0 Å². The van der Waals surface area contributed by atoms with Gasteiger partial charge >= 0.3 is 0 Å². The molecule has 3 rings (SSSR count). The largest absolute Gasteiger partial charge is 0.378 e. The molecule has 3 aromatic rings. The highest BCUT2D eigenvalue weighted by atomic mass is 35.5. The Bertz CT molecular complexity index is 945.